The minimum Gasteiger partial charge on any atom is -0.333 e. The lowest BCUT2D eigenvalue weighted by Crippen LogP contribution is -2.33. The van der Waals surface area contributed by atoms with Gasteiger partial charge < -0.3 is 10.2 Å². The van der Waals surface area contributed by atoms with Crippen molar-refractivity contribution in [2.75, 3.05) is 7.05 Å². The van der Waals surface area contributed by atoms with Crippen LogP contribution in [0.2, 0.25) is 0 Å². The number of urea groups is 1. The van der Waals surface area contributed by atoms with Crippen molar-refractivity contribution in [2.45, 2.75) is 25.4 Å². The number of carbonyl (C=O) groups is 1. The summed E-state index contributed by atoms with van der Waals surface area (Å²) in [6.07, 6.45) is 0.901. The van der Waals surface area contributed by atoms with Gasteiger partial charge in [-0.05, 0) is 18.9 Å². The van der Waals surface area contributed by atoms with E-state index >= 15 is 0 Å². The number of hydrogen-bond acceptors (Lipinski definition) is 1. The minimum atomic E-state index is 0.0310. The van der Waals surface area contributed by atoms with E-state index in [1.165, 1.54) is 5.56 Å². The molecule has 1 aliphatic heterocycles. The summed E-state index contributed by atoms with van der Waals surface area (Å²) in [4.78, 5) is 13.2. The van der Waals surface area contributed by atoms with Crippen LogP contribution in [0.25, 0.3) is 0 Å². The van der Waals surface area contributed by atoms with Crippen molar-refractivity contribution in [3.8, 4) is 0 Å². The quantitative estimate of drug-likeness (QED) is 0.780. The zero-order valence-corrected chi connectivity index (χ0v) is 9.10. The zero-order chi connectivity index (χ0) is 10.8. The molecule has 0 aliphatic carbocycles. The first-order chi connectivity index (χ1) is 7.18. The summed E-state index contributed by atoms with van der Waals surface area (Å²) in [5.41, 5.74) is 1.27. The zero-order valence-electron chi connectivity index (χ0n) is 9.10. The van der Waals surface area contributed by atoms with Crippen LogP contribution in [0, 0.1) is 0 Å². The highest BCUT2D eigenvalue weighted by molar-refractivity contribution is 5.77. The first-order valence-corrected chi connectivity index (χ1v) is 5.25. The topological polar surface area (TPSA) is 32.3 Å². The standard InChI is InChI=1S/C12H16N2O/c1-9-11(13-12(15)14(9)2)8-10-6-4-3-5-7-10/h3-7,9,11H,8H2,1-2H3,(H,13,15). The molecule has 2 amide bonds. The van der Waals surface area contributed by atoms with Crippen LogP contribution in [0.4, 0.5) is 4.79 Å². The molecule has 2 atom stereocenters. The van der Waals surface area contributed by atoms with Gasteiger partial charge in [0.25, 0.3) is 0 Å². The van der Waals surface area contributed by atoms with Gasteiger partial charge in [0.1, 0.15) is 0 Å². The maximum atomic E-state index is 11.4. The van der Waals surface area contributed by atoms with Crippen LogP contribution in [-0.2, 0) is 6.42 Å². The number of amides is 2. The van der Waals surface area contributed by atoms with Gasteiger partial charge in [0.05, 0.1) is 12.1 Å². The number of nitrogens with one attached hydrogen (secondary N) is 1. The van der Waals surface area contributed by atoms with Gasteiger partial charge in [-0.1, -0.05) is 30.3 Å². The summed E-state index contributed by atoms with van der Waals surface area (Å²) in [6.45, 7) is 2.07. The molecule has 1 aromatic carbocycles. The molecule has 2 rings (SSSR count). The van der Waals surface area contributed by atoms with E-state index in [0.717, 1.165) is 6.42 Å². The highest BCUT2D eigenvalue weighted by atomic mass is 16.2. The third kappa shape index (κ3) is 1.96. The van der Waals surface area contributed by atoms with E-state index in [-0.39, 0.29) is 18.1 Å². The van der Waals surface area contributed by atoms with Gasteiger partial charge in [-0.3, -0.25) is 0 Å². The first-order valence-electron chi connectivity index (χ1n) is 5.25. The number of rotatable bonds is 2. The van der Waals surface area contributed by atoms with Gasteiger partial charge in [-0.2, -0.15) is 0 Å². The van der Waals surface area contributed by atoms with Gasteiger partial charge in [0.15, 0.2) is 0 Å². The average Bonchev–Trinajstić information content (AvgIpc) is 2.48. The lowest BCUT2D eigenvalue weighted by molar-refractivity contribution is 0.218. The molecule has 80 valence electrons. The summed E-state index contributed by atoms with van der Waals surface area (Å²) in [7, 11) is 1.84. The summed E-state index contributed by atoms with van der Waals surface area (Å²) < 4.78 is 0. The van der Waals surface area contributed by atoms with Crippen LogP contribution < -0.4 is 5.32 Å². The molecule has 0 radical (unpaired) electrons. The summed E-state index contributed by atoms with van der Waals surface area (Å²) in [5, 5.41) is 2.99. The molecule has 1 saturated heterocycles. The Kier molecular flexibility index (Phi) is 2.62. The van der Waals surface area contributed by atoms with Crippen molar-refractivity contribution in [3.63, 3.8) is 0 Å². The largest absolute Gasteiger partial charge is 0.333 e. The fourth-order valence-electron chi connectivity index (χ4n) is 1.93. The second-order valence-electron chi connectivity index (χ2n) is 4.10. The van der Waals surface area contributed by atoms with E-state index in [0.29, 0.717) is 0 Å². The summed E-state index contributed by atoms with van der Waals surface area (Å²) in [5.74, 6) is 0. The summed E-state index contributed by atoms with van der Waals surface area (Å²) in [6, 6.07) is 10.8. The van der Waals surface area contributed by atoms with E-state index < -0.39 is 0 Å². The lowest BCUT2D eigenvalue weighted by Gasteiger charge is -2.18. The predicted octanol–water partition coefficient (Wildman–Crippen LogP) is 1.64. The number of nitrogens with zero attached hydrogens (tertiary/aromatic N) is 1. The second kappa shape index (κ2) is 3.93. The van der Waals surface area contributed by atoms with Crippen molar-refractivity contribution < 1.29 is 4.79 Å². The smallest absolute Gasteiger partial charge is 0.317 e. The molecular weight excluding hydrogens is 188 g/mol. The van der Waals surface area contributed by atoms with Crippen molar-refractivity contribution in [2.24, 2.45) is 0 Å². The first kappa shape index (κ1) is 10.0. The Balaban J connectivity index is 2.05. The van der Waals surface area contributed by atoms with E-state index in [1.807, 2.05) is 25.2 Å². The fourth-order valence-corrected chi connectivity index (χ4v) is 1.93. The van der Waals surface area contributed by atoms with E-state index in [9.17, 15) is 4.79 Å². The Bertz CT molecular complexity index is 350. The molecule has 1 aliphatic rings. The monoisotopic (exact) mass is 204 g/mol. The van der Waals surface area contributed by atoms with Gasteiger partial charge in [0.2, 0.25) is 0 Å². The molecule has 0 spiro atoms. The highest BCUT2D eigenvalue weighted by Crippen LogP contribution is 2.15. The molecule has 2 unspecified atom stereocenters. The van der Waals surface area contributed by atoms with E-state index in [1.54, 1.807) is 4.90 Å². The third-order valence-electron chi connectivity index (χ3n) is 3.12. The molecule has 0 aromatic heterocycles. The van der Waals surface area contributed by atoms with Gasteiger partial charge in [0, 0.05) is 7.05 Å². The third-order valence-corrected chi connectivity index (χ3v) is 3.12. The van der Waals surface area contributed by atoms with Crippen LogP contribution in [0.3, 0.4) is 0 Å². The molecular formula is C12H16N2O. The molecule has 15 heavy (non-hydrogen) atoms. The molecule has 3 heteroatoms. The van der Waals surface area contributed by atoms with Crippen LogP contribution in [0.15, 0.2) is 30.3 Å². The number of carbonyl (C=O) groups excluding carboxylic acids is 1. The van der Waals surface area contributed by atoms with Crippen LogP contribution in [-0.4, -0.2) is 30.1 Å². The lowest BCUT2D eigenvalue weighted by atomic mass is 10.0. The Hall–Kier alpha value is -1.51. The molecule has 1 fully saturated rings. The van der Waals surface area contributed by atoms with Gasteiger partial charge in [-0.15, -0.1) is 0 Å². The van der Waals surface area contributed by atoms with Gasteiger partial charge in [-0.25, -0.2) is 4.79 Å². The number of likely N-dealkylation sites (N-methyl/N-ethyl adjacent to an activating group) is 1. The molecule has 3 nitrogen and oxygen atoms in total. The molecule has 1 N–H and O–H groups in total. The molecule has 1 aromatic rings. The number of hydrogen-bond donors (Lipinski definition) is 1. The summed E-state index contributed by atoms with van der Waals surface area (Å²) >= 11 is 0. The Morgan fingerprint density at radius 1 is 1.33 bits per heavy atom. The van der Waals surface area contributed by atoms with Crippen molar-refractivity contribution >= 4 is 6.03 Å². The Labute approximate surface area is 90.1 Å². The van der Waals surface area contributed by atoms with Crippen LogP contribution >= 0.6 is 0 Å². The maximum absolute atomic E-state index is 11.4. The SMILES string of the molecule is CC1C(Cc2ccccc2)NC(=O)N1C. The highest BCUT2D eigenvalue weighted by Gasteiger charge is 2.33. The van der Waals surface area contributed by atoms with Gasteiger partial charge >= 0.3 is 6.03 Å². The molecule has 0 saturated carbocycles. The second-order valence-corrected chi connectivity index (χ2v) is 4.10. The number of benzene rings is 1. The maximum Gasteiger partial charge on any atom is 0.317 e. The predicted molar refractivity (Wildman–Crippen MR) is 59.7 cm³/mol. The minimum absolute atomic E-state index is 0.0310. The molecule has 1 heterocycles. The average molecular weight is 204 g/mol. The van der Waals surface area contributed by atoms with Crippen molar-refractivity contribution in [1.29, 1.82) is 0 Å². The molecule has 0 bridgehead atoms. The van der Waals surface area contributed by atoms with E-state index in [4.69, 9.17) is 0 Å². The van der Waals surface area contributed by atoms with Crippen LogP contribution in [0.5, 0.6) is 0 Å². The van der Waals surface area contributed by atoms with Crippen molar-refractivity contribution in [3.05, 3.63) is 35.9 Å². The van der Waals surface area contributed by atoms with Crippen molar-refractivity contribution in [1.82, 2.24) is 10.2 Å². The Morgan fingerprint density at radius 3 is 2.53 bits per heavy atom. The fraction of sp³-hybridized carbons (Fsp3) is 0.417. The normalized spacial score (nSPS) is 25.5. The van der Waals surface area contributed by atoms with Crippen LogP contribution in [0.1, 0.15) is 12.5 Å². The van der Waals surface area contributed by atoms with E-state index in [2.05, 4.69) is 24.4 Å². The Morgan fingerprint density at radius 2 is 2.00 bits per heavy atom.